The van der Waals surface area contributed by atoms with Gasteiger partial charge in [-0.3, -0.25) is 4.79 Å². The molecule has 8 nitrogen and oxygen atoms in total. The Morgan fingerprint density at radius 1 is 1.00 bits per heavy atom. The largest absolute Gasteiger partial charge is 0.396 e. The number of hydroxylamine groups is 1. The molecule has 1 aliphatic heterocycles. The average Bonchev–Trinajstić information content (AvgIpc) is 2.98. The van der Waals surface area contributed by atoms with Crippen LogP contribution in [0.5, 0.6) is 0 Å². The number of rotatable bonds is 10. The first-order valence-corrected chi connectivity index (χ1v) is 13.1. The van der Waals surface area contributed by atoms with Crippen LogP contribution in [0.2, 0.25) is 0 Å². The summed E-state index contributed by atoms with van der Waals surface area (Å²) in [5.74, 6) is -0.359. The highest BCUT2D eigenvalue weighted by Gasteiger charge is 2.19. The van der Waals surface area contributed by atoms with Gasteiger partial charge in [0.2, 0.25) is 0 Å². The van der Waals surface area contributed by atoms with Gasteiger partial charge in [0.05, 0.1) is 11.3 Å². The van der Waals surface area contributed by atoms with Crippen molar-refractivity contribution in [2.24, 2.45) is 0 Å². The standard InChI is InChI=1S/C30H32N4O4/c35-18-3-2-16-31-24-14-12-22(13-15-24)21-8-10-23(11-9-21)27-20-26(25-6-5-17-32-29(25)33-27)30(36)34-38-28-7-1-4-19-37-28/h5-6,8-15,17,20,28,31,35H,1-4,7,16,18-19H2,(H,34,36). The molecule has 3 heterocycles. The highest BCUT2D eigenvalue weighted by Crippen LogP contribution is 2.28. The number of aliphatic hydroxyl groups excluding tert-OH is 1. The van der Waals surface area contributed by atoms with E-state index in [-0.39, 0.29) is 12.5 Å². The summed E-state index contributed by atoms with van der Waals surface area (Å²) in [4.78, 5) is 27.7. The van der Waals surface area contributed by atoms with Crippen molar-refractivity contribution in [2.75, 3.05) is 25.1 Å². The molecule has 0 saturated carbocycles. The van der Waals surface area contributed by atoms with Gasteiger partial charge in [0.25, 0.3) is 5.91 Å². The smallest absolute Gasteiger partial charge is 0.275 e. The summed E-state index contributed by atoms with van der Waals surface area (Å²) in [7, 11) is 0. The van der Waals surface area contributed by atoms with Crippen LogP contribution in [0.15, 0.2) is 72.9 Å². The quantitative estimate of drug-likeness (QED) is 0.195. The number of hydrogen-bond donors (Lipinski definition) is 3. The van der Waals surface area contributed by atoms with Crippen LogP contribution >= 0.6 is 0 Å². The molecule has 0 bridgehead atoms. The molecule has 0 aliphatic carbocycles. The zero-order chi connectivity index (χ0) is 26.2. The molecule has 0 spiro atoms. The second kappa shape index (κ2) is 12.6. The van der Waals surface area contributed by atoms with Gasteiger partial charge in [0.15, 0.2) is 11.9 Å². The van der Waals surface area contributed by atoms with Crippen LogP contribution in [0.1, 0.15) is 42.5 Å². The Morgan fingerprint density at radius 3 is 2.50 bits per heavy atom. The first-order valence-electron chi connectivity index (χ1n) is 13.1. The van der Waals surface area contributed by atoms with E-state index in [2.05, 4.69) is 40.0 Å². The molecule has 1 saturated heterocycles. The lowest BCUT2D eigenvalue weighted by atomic mass is 10.0. The maximum Gasteiger partial charge on any atom is 0.275 e. The number of aromatic nitrogens is 2. The van der Waals surface area contributed by atoms with E-state index in [4.69, 9.17) is 19.7 Å². The van der Waals surface area contributed by atoms with Crippen LogP contribution < -0.4 is 10.8 Å². The molecular weight excluding hydrogens is 480 g/mol. The first-order chi connectivity index (χ1) is 18.7. The number of unbranched alkanes of at least 4 members (excludes halogenated alkanes) is 1. The van der Waals surface area contributed by atoms with Gasteiger partial charge in [-0.2, -0.15) is 0 Å². The Bertz CT molecular complexity index is 1350. The third-order valence-electron chi connectivity index (χ3n) is 6.56. The fourth-order valence-corrected chi connectivity index (χ4v) is 4.45. The van der Waals surface area contributed by atoms with E-state index < -0.39 is 6.29 Å². The fourth-order valence-electron chi connectivity index (χ4n) is 4.45. The zero-order valence-corrected chi connectivity index (χ0v) is 21.2. The number of anilines is 1. The molecule has 1 fully saturated rings. The molecule has 2 aromatic heterocycles. The number of nitrogens with zero attached hydrogens (tertiary/aromatic N) is 2. The average molecular weight is 513 g/mol. The normalized spacial score (nSPS) is 15.3. The number of amides is 1. The number of pyridine rings is 2. The number of carbonyl (C=O) groups is 1. The molecule has 8 heteroatoms. The summed E-state index contributed by atoms with van der Waals surface area (Å²) in [5, 5.41) is 12.9. The van der Waals surface area contributed by atoms with Gasteiger partial charge in [-0.25, -0.2) is 20.3 Å². The monoisotopic (exact) mass is 512 g/mol. The van der Waals surface area contributed by atoms with E-state index in [1.807, 2.05) is 30.3 Å². The molecule has 1 aliphatic rings. The van der Waals surface area contributed by atoms with Gasteiger partial charge in [-0.15, -0.1) is 0 Å². The number of aliphatic hydroxyl groups is 1. The van der Waals surface area contributed by atoms with E-state index in [9.17, 15) is 4.79 Å². The van der Waals surface area contributed by atoms with Crippen LogP contribution in [0.25, 0.3) is 33.4 Å². The van der Waals surface area contributed by atoms with Crippen LogP contribution in [-0.2, 0) is 9.57 Å². The Hall–Kier alpha value is -3.85. The maximum absolute atomic E-state index is 13.1. The fraction of sp³-hybridized carbons (Fsp3) is 0.300. The summed E-state index contributed by atoms with van der Waals surface area (Å²) >= 11 is 0. The van der Waals surface area contributed by atoms with E-state index in [1.165, 1.54) is 0 Å². The zero-order valence-electron chi connectivity index (χ0n) is 21.2. The molecule has 1 atom stereocenters. The number of carbonyl (C=O) groups excluding carboxylic acids is 1. The molecule has 38 heavy (non-hydrogen) atoms. The molecular formula is C30H32N4O4. The minimum atomic E-state index is -0.429. The van der Waals surface area contributed by atoms with E-state index in [0.717, 1.165) is 61.0 Å². The Kier molecular flexibility index (Phi) is 8.55. The predicted octanol–water partition coefficient (Wildman–Crippen LogP) is 5.34. The second-order valence-corrected chi connectivity index (χ2v) is 9.29. The van der Waals surface area contributed by atoms with Crippen molar-refractivity contribution in [3.8, 4) is 22.4 Å². The number of hydrogen-bond acceptors (Lipinski definition) is 7. The van der Waals surface area contributed by atoms with E-state index >= 15 is 0 Å². The third-order valence-corrected chi connectivity index (χ3v) is 6.56. The van der Waals surface area contributed by atoms with Crippen molar-refractivity contribution in [1.29, 1.82) is 0 Å². The van der Waals surface area contributed by atoms with Crippen LogP contribution in [0, 0.1) is 0 Å². The summed E-state index contributed by atoms with van der Waals surface area (Å²) < 4.78 is 5.55. The molecule has 196 valence electrons. The van der Waals surface area contributed by atoms with Crippen LogP contribution in [-0.4, -0.2) is 47.0 Å². The van der Waals surface area contributed by atoms with E-state index in [1.54, 1.807) is 18.3 Å². The van der Waals surface area contributed by atoms with Crippen molar-refractivity contribution in [3.05, 3.63) is 78.5 Å². The molecule has 0 radical (unpaired) electrons. The summed E-state index contributed by atoms with van der Waals surface area (Å²) in [6, 6.07) is 21.8. The first kappa shape index (κ1) is 25.8. The highest BCUT2D eigenvalue weighted by atomic mass is 16.8. The second-order valence-electron chi connectivity index (χ2n) is 9.29. The molecule has 1 amide bonds. The highest BCUT2D eigenvalue weighted by molar-refractivity contribution is 6.06. The lowest BCUT2D eigenvalue weighted by molar-refractivity contribution is -0.186. The van der Waals surface area contributed by atoms with Gasteiger partial charge in [0.1, 0.15) is 0 Å². The lowest BCUT2D eigenvalue weighted by Gasteiger charge is -2.22. The van der Waals surface area contributed by atoms with Crippen LogP contribution in [0.3, 0.4) is 0 Å². The van der Waals surface area contributed by atoms with Crippen molar-refractivity contribution in [1.82, 2.24) is 15.4 Å². The van der Waals surface area contributed by atoms with Crippen molar-refractivity contribution in [2.45, 2.75) is 38.4 Å². The van der Waals surface area contributed by atoms with E-state index in [0.29, 0.717) is 28.9 Å². The number of nitrogens with one attached hydrogen (secondary N) is 2. The van der Waals surface area contributed by atoms with Gasteiger partial charge >= 0.3 is 0 Å². The van der Waals surface area contributed by atoms with Gasteiger partial charge in [0, 0.05) is 49.0 Å². The molecule has 2 aromatic carbocycles. The number of ether oxygens (including phenoxy) is 1. The Balaban J connectivity index is 1.33. The predicted molar refractivity (Wildman–Crippen MR) is 147 cm³/mol. The molecule has 4 aromatic rings. The maximum atomic E-state index is 13.1. The van der Waals surface area contributed by atoms with Gasteiger partial charge in [-0.1, -0.05) is 36.4 Å². The number of benzene rings is 2. The Labute approximate surface area is 222 Å². The minimum absolute atomic E-state index is 0.223. The van der Waals surface area contributed by atoms with Crippen molar-refractivity contribution in [3.63, 3.8) is 0 Å². The van der Waals surface area contributed by atoms with Gasteiger partial charge < -0.3 is 15.2 Å². The minimum Gasteiger partial charge on any atom is -0.396 e. The lowest BCUT2D eigenvalue weighted by Crippen LogP contribution is -2.33. The third kappa shape index (κ3) is 6.34. The van der Waals surface area contributed by atoms with Gasteiger partial charge in [-0.05, 0) is 67.1 Å². The Morgan fingerprint density at radius 2 is 1.76 bits per heavy atom. The molecule has 5 rings (SSSR count). The topological polar surface area (TPSA) is 106 Å². The summed E-state index contributed by atoms with van der Waals surface area (Å²) in [6.07, 6.45) is 5.74. The summed E-state index contributed by atoms with van der Waals surface area (Å²) in [6.45, 7) is 1.69. The SMILES string of the molecule is O=C(NOC1CCCCO1)c1cc(-c2ccc(-c3ccc(NCCCCO)cc3)cc2)nc2ncccc12. The van der Waals surface area contributed by atoms with Crippen LogP contribution in [0.4, 0.5) is 5.69 Å². The number of fused-ring (bicyclic) bond motifs is 1. The summed E-state index contributed by atoms with van der Waals surface area (Å²) in [5.41, 5.74) is 8.28. The van der Waals surface area contributed by atoms with Crippen molar-refractivity contribution >= 4 is 22.6 Å². The molecule has 3 N–H and O–H groups in total. The van der Waals surface area contributed by atoms with Crippen molar-refractivity contribution < 1.29 is 19.5 Å². The molecule has 1 unspecified atom stereocenters.